The summed E-state index contributed by atoms with van der Waals surface area (Å²) in [6.45, 7) is 0.595. The Balaban J connectivity index is 3.24. The van der Waals surface area contributed by atoms with Gasteiger partial charge in [-0.05, 0) is 25.1 Å². The van der Waals surface area contributed by atoms with E-state index in [-0.39, 0.29) is 5.69 Å². The number of halogens is 3. The minimum atomic E-state index is -4.60. The number of rotatable bonds is 3. The van der Waals surface area contributed by atoms with Gasteiger partial charge in [-0.3, -0.25) is 19.3 Å². The monoisotopic (exact) mass is 288 g/mol. The van der Waals surface area contributed by atoms with Crippen molar-refractivity contribution >= 4 is 23.3 Å². The van der Waals surface area contributed by atoms with Gasteiger partial charge in [0, 0.05) is 5.69 Å². The lowest BCUT2D eigenvalue weighted by molar-refractivity contribution is -0.137. The van der Waals surface area contributed by atoms with Gasteiger partial charge in [0.15, 0.2) is 0 Å². The van der Waals surface area contributed by atoms with E-state index in [0.717, 1.165) is 19.1 Å². The first kappa shape index (κ1) is 15.7. The third-order valence-electron chi connectivity index (χ3n) is 2.32. The average Bonchev–Trinajstić information content (AvgIpc) is 2.34. The maximum Gasteiger partial charge on any atom is 0.416 e. The molecule has 8 heteroatoms. The van der Waals surface area contributed by atoms with Gasteiger partial charge in [-0.15, -0.1) is 0 Å². The normalized spacial score (nSPS) is 11.0. The van der Waals surface area contributed by atoms with Crippen LogP contribution in [0, 0.1) is 0 Å². The standard InChI is InChI=1S/C12H11F3N2O3/c1-7(18)6-17(11(20)10(16)19)9-4-2-3-8(5-9)12(13,14)15/h2-5H,6H2,1H3,(H2,16,19). The highest BCUT2D eigenvalue weighted by molar-refractivity contribution is 6.40. The molecule has 0 aliphatic heterocycles. The maximum atomic E-state index is 12.6. The van der Waals surface area contributed by atoms with Gasteiger partial charge < -0.3 is 5.73 Å². The van der Waals surface area contributed by atoms with Gasteiger partial charge in [0.1, 0.15) is 5.78 Å². The van der Waals surface area contributed by atoms with Crippen LogP contribution >= 0.6 is 0 Å². The number of primary amides is 1. The van der Waals surface area contributed by atoms with Crippen LogP contribution in [0.2, 0.25) is 0 Å². The smallest absolute Gasteiger partial charge is 0.361 e. The molecule has 0 aromatic heterocycles. The van der Waals surface area contributed by atoms with Gasteiger partial charge in [-0.1, -0.05) is 6.07 Å². The molecule has 0 bridgehead atoms. The van der Waals surface area contributed by atoms with Crippen LogP contribution in [0.1, 0.15) is 12.5 Å². The molecule has 0 spiro atoms. The van der Waals surface area contributed by atoms with Crippen molar-refractivity contribution in [3.8, 4) is 0 Å². The number of anilines is 1. The molecule has 0 aliphatic carbocycles. The molecular formula is C12H11F3N2O3. The zero-order valence-electron chi connectivity index (χ0n) is 10.4. The van der Waals surface area contributed by atoms with E-state index in [2.05, 4.69) is 0 Å². The van der Waals surface area contributed by atoms with Crippen LogP contribution in [-0.4, -0.2) is 24.1 Å². The summed E-state index contributed by atoms with van der Waals surface area (Å²) in [6, 6.07) is 3.73. The van der Waals surface area contributed by atoms with E-state index in [1.807, 2.05) is 0 Å². The minimum absolute atomic E-state index is 0.223. The largest absolute Gasteiger partial charge is 0.416 e. The van der Waals surface area contributed by atoms with Gasteiger partial charge in [0.05, 0.1) is 12.1 Å². The summed E-state index contributed by atoms with van der Waals surface area (Å²) in [5.74, 6) is -3.11. The zero-order chi connectivity index (χ0) is 15.5. The Kier molecular flexibility index (Phi) is 4.49. The Morgan fingerprint density at radius 1 is 1.25 bits per heavy atom. The molecule has 2 amide bonds. The fourth-order valence-corrected chi connectivity index (χ4v) is 1.49. The summed E-state index contributed by atoms with van der Waals surface area (Å²) >= 11 is 0. The molecule has 1 rings (SSSR count). The molecule has 0 radical (unpaired) electrons. The molecule has 0 fully saturated rings. The first-order chi connectivity index (χ1) is 9.12. The molecule has 1 aromatic rings. The number of carbonyl (C=O) groups excluding carboxylic acids is 3. The van der Waals surface area contributed by atoms with E-state index in [1.54, 1.807) is 0 Å². The van der Waals surface area contributed by atoms with Gasteiger partial charge in [0.25, 0.3) is 0 Å². The Bertz CT molecular complexity index is 555. The number of hydrogen-bond acceptors (Lipinski definition) is 3. The molecule has 108 valence electrons. The Morgan fingerprint density at radius 2 is 1.85 bits per heavy atom. The summed E-state index contributed by atoms with van der Waals surface area (Å²) in [5, 5.41) is 0. The fraction of sp³-hybridized carbons (Fsp3) is 0.250. The predicted molar refractivity (Wildman–Crippen MR) is 63.7 cm³/mol. The highest BCUT2D eigenvalue weighted by atomic mass is 19.4. The number of nitrogens with zero attached hydrogens (tertiary/aromatic N) is 1. The lowest BCUT2D eigenvalue weighted by Crippen LogP contribution is -2.42. The highest BCUT2D eigenvalue weighted by Gasteiger charge is 2.32. The highest BCUT2D eigenvalue weighted by Crippen LogP contribution is 2.31. The van der Waals surface area contributed by atoms with Crippen molar-refractivity contribution in [3.63, 3.8) is 0 Å². The molecule has 2 N–H and O–H groups in total. The summed E-state index contributed by atoms with van der Waals surface area (Å²) in [4.78, 5) is 34.1. The molecule has 1 aromatic carbocycles. The lowest BCUT2D eigenvalue weighted by Gasteiger charge is -2.21. The van der Waals surface area contributed by atoms with Crippen molar-refractivity contribution in [1.29, 1.82) is 0 Å². The van der Waals surface area contributed by atoms with Crippen LogP contribution in [0.3, 0.4) is 0 Å². The number of benzene rings is 1. The summed E-state index contributed by atoms with van der Waals surface area (Å²) in [5.41, 5.74) is 3.59. The maximum absolute atomic E-state index is 12.6. The summed E-state index contributed by atoms with van der Waals surface area (Å²) in [6.07, 6.45) is -4.60. The minimum Gasteiger partial charge on any atom is -0.361 e. The van der Waals surface area contributed by atoms with Crippen molar-refractivity contribution in [1.82, 2.24) is 0 Å². The second-order valence-electron chi connectivity index (χ2n) is 4.01. The molecular weight excluding hydrogens is 277 g/mol. The number of ketones is 1. The molecule has 5 nitrogen and oxygen atoms in total. The SMILES string of the molecule is CC(=O)CN(C(=O)C(N)=O)c1cccc(C(F)(F)F)c1. The Morgan fingerprint density at radius 3 is 2.30 bits per heavy atom. The second-order valence-corrected chi connectivity index (χ2v) is 4.01. The van der Waals surface area contributed by atoms with E-state index in [1.165, 1.54) is 6.07 Å². The molecule has 0 atom stereocenters. The van der Waals surface area contributed by atoms with E-state index < -0.39 is 35.9 Å². The first-order valence-corrected chi connectivity index (χ1v) is 5.41. The predicted octanol–water partition coefficient (Wildman–Crippen LogP) is 1.11. The number of alkyl halides is 3. The molecule has 0 unspecified atom stereocenters. The number of nitrogens with two attached hydrogens (primary N) is 1. The van der Waals surface area contributed by atoms with Crippen molar-refractivity contribution in [2.45, 2.75) is 13.1 Å². The van der Waals surface area contributed by atoms with Crippen LogP contribution in [-0.2, 0) is 20.6 Å². The van der Waals surface area contributed by atoms with Crippen LogP contribution in [0.15, 0.2) is 24.3 Å². The first-order valence-electron chi connectivity index (χ1n) is 5.41. The summed E-state index contributed by atoms with van der Waals surface area (Å²) in [7, 11) is 0. The zero-order valence-corrected chi connectivity index (χ0v) is 10.4. The van der Waals surface area contributed by atoms with Crippen LogP contribution in [0.4, 0.5) is 18.9 Å². The third-order valence-corrected chi connectivity index (χ3v) is 2.32. The van der Waals surface area contributed by atoms with Crippen molar-refractivity contribution in [2.24, 2.45) is 5.73 Å². The van der Waals surface area contributed by atoms with Crippen LogP contribution in [0.5, 0.6) is 0 Å². The summed E-state index contributed by atoms with van der Waals surface area (Å²) < 4.78 is 37.8. The number of Topliss-reactive ketones (excluding diaryl/α,β-unsaturated/α-hetero) is 1. The topological polar surface area (TPSA) is 80.5 Å². The van der Waals surface area contributed by atoms with E-state index in [0.29, 0.717) is 11.0 Å². The van der Waals surface area contributed by atoms with Crippen LogP contribution in [0.25, 0.3) is 0 Å². The van der Waals surface area contributed by atoms with Gasteiger partial charge >= 0.3 is 18.0 Å². The van der Waals surface area contributed by atoms with Gasteiger partial charge in [-0.25, -0.2) is 0 Å². The van der Waals surface area contributed by atoms with Gasteiger partial charge in [-0.2, -0.15) is 13.2 Å². The van der Waals surface area contributed by atoms with E-state index in [4.69, 9.17) is 5.73 Å². The van der Waals surface area contributed by atoms with Crippen LogP contribution < -0.4 is 10.6 Å². The molecule has 0 saturated carbocycles. The van der Waals surface area contributed by atoms with E-state index in [9.17, 15) is 27.6 Å². The van der Waals surface area contributed by atoms with E-state index >= 15 is 0 Å². The fourth-order valence-electron chi connectivity index (χ4n) is 1.49. The Labute approximate surface area is 112 Å². The molecule has 20 heavy (non-hydrogen) atoms. The Hall–Kier alpha value is -2.38. The van der Waals surface area contributed by atoms with Crippen molar-refractivity contribution < 1.29 is 27.6 Å². The van der Waals surface area contributed by atoms with Crippen molar-refractivity contribution in [3.05, 3.63) is 29.8 Å². The third kappa shape index (κ3) is 3.81. The molecule has 0 saturated heterocycles. The van der Waals surface area contributed by atoms with Gasteiger partial charge in [0.2, 0.25) is 0 Å². The number of hydrogen-bond donors (Lipinski definition) is 1. The molecule has 0 heterocycles. The second kappa shape index (κ2) is 5.72. The number of amides is 2. The average molecular weight is 288 g/mol. The quantitative estimate of drug-likeness (QED) is 0.846. The van der Waals surface area contributed by atoms with Crippen molar-refractivity contribution in [2.75, 3.05) is 11.4 Å². The molecule has 0 aliphatic rings. The number of carbonyl (C=O) groups is 3. The lowest BCUT2D eigenvalue weighted by atomic mass is 10.1.